The number of nitrogens with zero attached hydrogens (tertiary/aromatic N) is 5. The number of H-pyrrole nitrogens is 1. The number of amides is 3. The number of tetrazole rings is 1. The minimum absolute atomic E-state index is 0.133. The van der Waals surface area contributed by atoms with Crippen molar-refractivity contribution in [3.05, 3.63) is 70.8 Å². The van der Waals surface area contributed by atoms with E-state index >= 15 is 0 Å². The van der Waals surface area contributed by atoms with Gasteiger partial charge in [0.15, 0.2) is 5.15 Å². The SMILES string of the molecule is CCCCc1nc(Cl)c(CNC(=O)COCC(=O)NCCOCCOCCOCCOCCOCCNC(=O)COCC(=O)O)n1Cc1ccc(-c2ccccc2-c2nn[nH]n2)cc1. The van der Waals surface area contributed by atoms with Gasteiger partial charge in [0.25, 0.3) is 0 Å². The number of benzene rings is 2. The second-order valence-electron chi connectivity index (χ2n) is 13.9. The van der Waals surface area contributed by atoms with Gasteiger partial charge in [0.2, 0.25) is 23.5 Å². The number of hydrogen-bond donors (Lipinski definition) is 5. The summed E-state index contributed by atoms with van der Waals surface area (Å²) in [4.78, 5) is 51.3. The quantitative estimate of drug-likeness (QED) is 0.0413. The average molecular weight is 916 g/mol. The monoisotopic (exact) mass is 915 g/mol. The topological polar surface area (TPSA) is 261 Å². The maximum Gasteiger partial charge on any atom is 0.329 e. The maximum absolute atomic E-state index is 12.7. The number of aliphatic carboxylic acids is 1. The molecule has 0 saturated carbocycles. The molecule has 2 aromatic heterocycles. The van der Waals surface area contributed by atoms with Crippen molar-refractivity contribution in [3.63, 3.8) is 0 Å². The Hall–Kier alpha value is -5.39. The molecule has 3 amide bonds. The molecule has 0 radical (unpaired) electrons. The predicted octanol–water partition coefficient (Wildman–Crippen LogP) is 1.82. The van der Waals surface area contributed by atoms with Gasteiger partial charge >= 0.3 is 5.97 Å². The predicted molar refractivity (Wildman–Crippen MR) is 231 cm³/mol. The van der Waals surface area contributed by atoms with Gasteiger partial charge < -0.3 is 58.8 Å². The van der Waals surface area contributed by atoms with Crippen LogP contribution in [0.2, 0.25) is 5.15 Å². The van der Waals surface area contributed by atoms with Crippen molar-refractivity contribution >= 4 is 35.3 Å². The first-order chi connectivity index (χ1) is 31.2. The van der Waals surface area contributed by atoms with Gasteiger partial charge in [-0.15, -0.1) is 10.2 Å². The second-order valence-corrected chi connectivity index (χ2v) is 14.2. The van der Waals surface area contributed by atoms with E-state index in [-0.39, 0.29) is 58.6 Å². The number of carboxylic acids is 1. The molecule has 2 aromatic carbocycles. The lowest BCUT2D eigenvalue weighted by atomic mass is 9.98. The van der Waals surface area contributed by atoms with Crippen LogP contribution in [0.3, 0.4) is 0 Å². The summed E-state index contributed by atoms with van der Waals surface area (Å²) in [5.74, 6) is -0.983. The fourth-order valence-corrected chi connectivity index (χ4v) is 6.14. The van der Waals surface area contributed by atoms with Crippen LogP contribution < -0.4 is 16.0 Å². The molecule has 21 nitrogen and oxygen atoms in total. The van der Waals surface area contributed by atoms with Crippen LogP contribution >= 0.6 is 11.6 Å². The Morgan fingerprint density at radius 3 is 1.75 bits per heavy atom. The van der Waals surface area contributed by atoms with Crippen molar-refractivity contribution < 1.29 is 57.4 Å². The van der Waals surface area contributed by atoms with Crippen molar-refractivity contribution in [1.29, 1.82) is 0 Å². The lowest BCUT2D eigenvalue weighted by molar-refractivity contribution is -0.143. The summed E-state index contributed by atoms with van der Waals surface area (Å²) in [5.41, 5.74) is 4.55. The summed E-state index contributed by atoms with van der Waals surface area (Å²) in [5, 5.41) is 31.3. The molecule has 0 atom stereocenters. The standard InChI is InChI=1S/C42H58ClN9O12/c1-2-3-8-36-47-41(43)35(52(36)26-31-9-11-32(12-10-31)33-6-4-5-7-34(33)42-48-50-51-49-42)25-46-39(55)29-63-27-37(53)44-13-15-58-17-19-60-21-23-62-24-22-61-20-18-59-16-14-45-38(54)28-64-30-40(56)57/h4-7,9-12H,2-3,8,13-30H2,1H3,(H,44,53)(H,45,54)(H,46,55)(H,56,57)(H,48,49,50,51). The molecular formula is C42H58ClN9O12. The van der Waals surface area contributed by atoms with E-state index in [1.165, 1.54) is 0 Å². The summed E-state index contributed by atoms with van der Waals surface area (Å²) in [6.07, 6.45) is 2.66. The number of halogens is 1. The van der Waals surface area contributed by atoms with Crippen molar-refractivity contribution in [2.75, 3.05) is 106 Å². The molecule has 0 bridgehead atoms. The van der Waals surface area contributed by atoms with E-state index in [4.69, 9.17) is 45.1 Å². The van der Waals surface area contributed by atoms with Gasteiger partial charge in [-0.1, -0.05) is 73.5 Å². The molecule has 0 fully saturated rings. The maximum atomic E-state index is 12.7. The largest absolute Gasteiger partial charge is 0.480 e. The van der Waals surface area contributed by atoms with E-state index in [0.29, 0.717) is 76.1 Å². The zero-order chi connectivity index (χ0) is 45.6. The van der Waals surface area contributed by atoms with Crippen molar-refractivity contribution in [2.24, 2.45) is 0 Å². The molecule has 0 aliphatic rings. The van der Waals surface area contributed by atoms with Crippen molar-refractivity contribution in [1.82, 2.24) is 46.1 Å². The molecular weight excluding hydrogens is 858 g/mol. The third kappa shape index (κ3) is 20.0. The van der Waals surface area contributed by atoms with Gasteiger partial charge in [0, 0.05) is 31.6 Å². The number of nitrogens with one attached hydrogen (secondary N) is 4. The summed E-state index contributed by atoms with van der Waals surface area (Å²) >= 11 is 6.63. The Morgan fingerprint density at radius 1 is 0.688 bits per heavy atom. The number of carbonyl (C=O) groups excluding carboxylic acids is 3. The summed E-state index contributed by atoms with van der Waals surface area (Å²) in [6, 6.07) is 16.1. The van der Waals surface area contributed by atoms with Gasteiger partial charge in [0.05, 0.1) is 78.3 Å². The Bertz CT molecular complexity index is 1970. The second kappa shape index (κ2) is 30.7. The number of aromatic nitrogens is 6. The minimum atomic E-state index is -1.14. The van der Waals surface area contributed by atoms with Crippen LogP contribution in [0.1, 0.15) is 36.8 Å². The number of aryl methyl sites for hydroxylation is 1. The van der Waals surface area contributed by atoms with Crippen molar-refractivity contribution in [2.45, 2.75) is 39.3 Å². The molecule has 0 unspecified atom stereocenters. The lowest BCUT2D eigenvalue weighted by Gasteiger charge is -2.14. The number of unbranched alkanes of at least 4 members (excludes halogenated alkanes) is 1. The molecule has 0 spiro atoms. The molecule has 4 aromatic rings. The first-order valence-electron chi connectivity index (χ1n) is 21.0. The highest BCUT2D eigenvalue weighted by Gasteiger charge is 2.18. The number of aromatic amines is 1. The van der Waals surface area contributed by atoms with Gasteiger partial charge in [-0.25, -0.2) is 9.78 Å². The molecule has 2 heterocycles. The summed E-state index contributed by atoms with van der Waals surface area (Å²) < 4.78 is 39.2. The first kappa shape index (κ1) is 51.2. The Balaban J connectivity index is 1.01. The van der Waals surface area contributed by atoms with E-state index in [9.17, 15) is 19.2 Å². The number of hydrogen-bond acceptors (Lipinski definition) is 15. The molecule has 4 rings (SSSR count). The Kier molecular flexibility index (Phi) is 24.5. The number of carboxylic acid groups (broad SMARTS) is 1. The van der Waals surface area contributed by atoms with Crippen LogP contribution in [0.25, 0.3) is 22.5 Å². The molecule has 350 valence electrons. The van der Waals surface area contributed by atoms with E-state index in [1.807, 2.05) is 41.0 Å². The Labute approximate surface area is 376 Å². The van der Waals surface area contributed by atoms with Crippen molar-refractivity contribution in [3.8, 4) is 22.5 Å². The summed E-state index contributed by atoms with van der Waals surface area (Å²) in [6.45, 7) is 5.36. The summed E-state index contributed by atoms with van der Waals surface area (Å²) in [7, 11) is 0. The van der Waals surface area contributed by atoms with Gasteiger partial charge in [0.1, 0.15) is 32.3 Å². The van der Waals surface area contributed by atoms with Gasteiger partial charge in [-0.3, -0.25) is 14.4 Å². The van der Waals surface area contributed by atoms with E-state index in [0.717, 1.165) is 47.3 Å². The smallest absolute Gasteiger partial charge is 0.329 e. The number of imidazole rings is 1. The minimum Gasteiger partial charge on any atom is -0.480 e. The molecule has 5 N–H and O–H groups in total. The average Bonchev–Trinajstić information content (AvgIpc) is 3.93. The normalized spacial score (nSPS) is 11.2. The number of rotatable bonds is 35. The van der Waals surface area contributed by atoms with Crippen LogP contribution in [0.15, 0.2) is 48.5 Å². The molecule has 64 heavy (non-hydrogen) atoms. The highest BCUT2D eigenvalue weighted by atomic mass is 35.5. The van der Waals surface area contributed by atoms with Gasteiger partial charge in [-0.05, 0) is 28.3 Å². The molecule has 0 aliphatic heterocycles. The fourth-order valence-electron chi connectivity index (χ4n) is 5.87. The van der Waals surface area contributed by atoms with Crippen LogP contribution in [0, 0.1) is 0 Å². The highest BCUT2D eigenvalue weighted by Crippen LogP contribution is 2.30. The number of ether oxygens (including phenoxy) is 7. The zero-order valence-electron chi connectivity index (χ0n) is 36.0. The third-order valence-electron chi connectivity index (χ3n) is 8.98. The molecule has 0 aliphatic carbocycles. The van der Waals surface area contributed by atoms with E-state index < -0.39 is 24.4 Å². The van der Waals surface area contributed by atoms with Crippen LogP contribution in [0.5, 0.6) is 0 Å². The first-order valence-corrected chi connectivity index (χ1v) is 21.3. The fraction of sp³-hybridized carbons (Fsp3) is 0.524. The highest BCUT2D eigenvalue weighted by molar-refractivity contribution is 6.30. The number of carbonyl (C=O) groups is 4. The van der Waals surface area contributed by atoms with Crippen LogP contribution in [0.4, 0.5) is 0 Å². The lowest BCUT2D eigenvalue weighted by Crippen LogP contribution is -2.33. The van der Waals surface area contributed by atoms with Gasteiger partial charge in [-0.2, -0.15) is 5.21 Å². The Morgan fingerprint density at radius 2 is 1.22 bits per heavy atom. The van der Waals surface area contributed by atoms with E-state index in [2.05, 4.69) is 65.4 Å². The van der Waals surface area contributed by atoms with Crippen LogP contribution in [-0.4, -0.2) is 165 Å². The van der Waals surface area contributed by atoms with E-state index in [1.54, 1.807) is 0 Å². The molecule has 22 heteroatoms. The molecule has 0 saturated heterocycles. The van der Waals surface area contributed by atoms with Crippen LogP contribution in [-0.2, 0) is 71.8 Å². The zero-order valence-corrected chi connectivity index (χ0v) is 36.8. The third-order valence-corrected chi connectivity index (χ3v) is 9.28.